The van der Waals surface area contributed by atoms with Gasteiger partial charge < -0.3 is 14.8 Å². The summed E-state index contributed by atoms with van der Waals surface area (Å²) in [6.07, 6.45) is 1.67. The van der Waals surface area contributed by atoms with Crippen LogP contribution < -0.4 is 14.8 Å². The summed E-state index contributed by atoms with van der Waals surface area (Å²) in [6, 6.07) is 20.0. The molecule has 4 aromatic rings. The minimum absolute atomic E-state index is 0.194. The summed E-state index contributed by atoms with van der Waals surface area (Å²) in [4.78, 5) is 16.5. The first-order valence-electron chi connectivity index (χ1n) is 9.14. The average Bonchev–Trinajstić information content (AvgIpc) is 3.28. The van der Waals surface area contributed by atoms with Gasteiger partial charge in [-0.05, 0) is 66.2 Å². The summed E-state index contributed by atoms with van der Waals surface area (Å²) in [5.74, 6) is 1.25. The predicted octanol–water partition coefficient (Wildman–Crippen LogP) is 5.80. The summed E-state index contributed by atoms with van der Waals surface area (Å²) >= 11 is 1.40. The van der Waals surface area contributed by atoms with Crippen LogP contribution in [-0.4, -0.2) is 10.9 Å². The lowest BCUT2D eigenvalue weighted by Gasteiger charge is -2.09. The van der Waals surface area contributed by atoms with Crippen molar-refractivity contribution in [1.82, 2.24) is 10.3 Å². The highest BCUT2D eigenvalue weighted by Crippen LogP contribution is 2.24. The van der Waals surface area contributed by atoms with Gasteiger partial charge in [0, 0.05) is 23.7 Å². The van der Waals surface area contributed by atoms with Crippen LogP contribution in [-0.2, 0) is 6.54 Å². The van der Waals surface area contributed by atoms with E-state index >= 15 is 0 Å². The van der Waals surface area contributed by atoms with Gasteiger partial charge in [-0.15, -0.1) is 0 Å². The maximum atomic E-state index is 13.0. The Labute approximate surface area is 176 Å². The molecular formula is C23H17FN2O3S. The molecule has 0 saturated heterocycles. The first kappa shape index (κ1) is 19.6. The van der Waals surface area contributed by atoms with Gasteiger partial charge in [-0.3, -0.25) is 4.79 Å². The van der Waals surface area contributed by atoms with Crippen molar-refractivity contribution in [1.29, 1.82) is 0 Å². The van der Waals surface area contributed by atoms with Gasteiger partial charge in [0.1, 0.15) is 23.1 Å². The molecule has 4 rings (SSSR count). The number of halogens is 1. The van der Waals surface area contributed by atoms with Crippen LogP contribution in [0.5, 0.6) is 22.4 Å². The van der Waals surface area contributed by atoms with Crippen molar-refractivity contribution in [3.63, 3.8) is 0 Å². The molecule has 30 heavy (non-hydrogen) atoms. The number of carbonyl (C=O) groups excluding carboxylic acids is 1. The summed E-state index contributed by atoms with van der Waals surface area (Å²) in [5, 5.41) is 5.26. The molecule has 0 spiro atoms. The van der Waals surface area contributed by atoms with E-state index < -0.39 is 0 Å². The Morgan fingerprint density at radius 3 is 2.40 bits per heavy atom. The van der Waals surface area contributed by atoms with E-state index in [4.69, 9.17) is 9.47 Å². The van der Waals surface area contributed by atoms with Gasteiger partial charge in [-0.25, -0.2) is 9.37 Å². The Morgan fingerprint density at radius 2 is 1.67 bits per heavy atom. The summed E-state index contributed by atoms with van der Waals surface area (Å²) in [6.45, 7) is 0.344. The van der Waals surface area contributed by atoms with Crippen LogP contribution >= 0.6 is 11.3 Å². The molecule has 0 aliphatic rings. The fourth-order valence-electron chi connectivity index (χ4n) is 2.68. The number of hydrogen-bond acceptors (Lipinski definition) is 5. The number of aromatic nitrogens is 1. The van der Waals surface area contributed by atoms with E-state index in [2.05, 4.69) is 10.3 Å². The van der Waals surface area contributed by atoms with Crippen LogP contribution in [0, 0.1) is 5.82 Å². The monoisotopic (exact) mass is 420 g/mol. The van der Waals surface area contributed by atoms with Gasteiger partial charge in [0.2, 0.25) is 0 Å². The van der Waals surface area contributed by atoms with E-state index in [0.717, 1.165) is 5.56 Å². The van der Waals surface area contributed by atoms with Crippen LogP contribution in [0.2, 0.25) is 0 Å². The number of nitrogens with zero attached hydrogens (tertiary/aromatic N) is 1. The van der Waals surface area contributed by atoms with Crippen LogP contribution in [0.4, 0.5) is 4.39 Å². The highest BCUT2D eigenvalue weighted by atomic mass is 32.1. The molecule has 150 valence electrons. The van der Waals surface area contributed by atoms with E-state index in [1.54, 1.807) is 48.7 Å². The molecule has 0 radical (unpaired) electrons. The number of carbonyl (C=O) groups is 1. The van der Waals surface area contributed by atoms with Crippen molar-refractivity contribution in [2.24, 2.45) is 0 Å². The maximum Gasteiger partial charge on any atom is 0.278 e. The lowest BCUT2D eigenvalue weighted by molar-refractivity contribution is 0.0951. The lowest BCUT2D eigenvalue weighted by atomic mass is 10.2. The number of amides is 1. The molecule has 0 saturated carbocycles. The first-order chi connectivity index (χ1) is 14.7. The van der Waals surface area contributed by atoms with Crippen molar-refractivity contribution in [3.05, 3.63) is 101 Å². The SMILES string of the molecule is O=C(NCc1cccc(Oc2ccc(F)cc2)c1)c1ccc(Oc2nccs2)cc1. The van der Waals surface area contributed by atoms with Crippen LogP contribution in [0.15, 0.2) is 84.4 Å². The summed E-state index contributed by atoms with van der Waals surface area (Å²) in [7, 11) is 0. The average molecular weight is 420 g/mol. The van der Waals surface area contributed by atoms with Crippen molar-refractivity contribution < 1.29 is 18.7 Å². The zero-order valence-corrected chi connectivity index (χ0v) is 16.6. The standard InChI is InChI=1S/C23H17FN2O3S/c24-18-6-10-19(11-7-18)28-21-3-1-2-16(14-21)15-26-22(27)17-4-8-20(9-5-17)29-23-25-12-13-30-23/h1-14H,15H2,(H,26,27). The summed E-state index contributed by atoms with van der Waals surface area (Å²) < 4.78 is 24.3. The van der Waals surface area contributed by atoms with E-state index in [0.29, 0.717) is 34.6 Å². The smallest absolute Gasteiger partial charge is 0.278 e. The number of thiazole rings is 1. The number of ether oxygens (including phenoxy) is 2. The van der Waals surface area contributed by atoms with Gasteiger partial charge in [0.05, 0.1) is 0 Å². The molecule has 7 heteroatoms. The Balaban J connectivity index is 1.33. The summed E-state index contributed by atoms with van der Waals surface area (Å²) in [5.41, 5.74) is 1.41. The molecule has 1 heterocycles. The maximum absolute atomic E-state index is 13.0. The zero-order valence-electron chi connectivity index (χ0n) is 15.7. The van der Waals surface area contributed by atoms with Gasteiger partial charge >= 0.3 is 0 Å². The second kappa shape index (κ2) is 9.19. The quantitative estimate of drug-likeness (QED) is 0.411. The number of benzene rings is 3. The molecule has 5 nitrogen and oxygen atoms in total. The van der Waals surface area contributed by atoms with E-state index in [9.17, 15) is 9.18 Å². The third-order valence-electron chi connectivity index (χ3n) is 4.13. The molecule has 3 aromatic carbocycles. The molecule has 0 atom stereocenters. The van der Waals surface area contributed by atoms with Gasteiger partial charge in [0.15, 0.2) is 0 Å². The number of nitrogens with one attached hydrogen (secondary N) is 1. The highest BCUT2D eigenvalue weighted by Gasteiger charge is 2.07. The Morgan fingerprint density at radius 1 is 0.933 bits per heavy atom. The second-order valence-electron chi connectivity index (χ2n) is 6.31. The predicted molar refractivity (Wildman–Crippen MR) is 113 cm³/mol. The first-order valence-corrected chi connectivity index (χ1v) is 10.0. The van der Waals surface area contributed by atoms with Crippen molar-refractivity contribution >= 4 is 17.2 Å². The Kier molecular flexibility index (Phi) is 6.01. The van der Waals surface area contributed by atoms with Crippen LogP contribution in [0.1, 0.15) is 15.9 Å². The molecule has 1 aromatic heterocycles. The highest BCUT2D eigenvalue weighted by molar-refractivity contribution is 7.11. The fourth-order valence-corrected chi connectivity index (χ4v) is 3.18. The lowest BCUT2D eigenvalue weighted by Crippen LogP contribution is -2.22. The Bertz CT molecular complexity index is 1110. The van der Waals surface area contributed by atoms with E-state index in [1.807, 2.05) is 23.6 Å². The zero-order chi connectivity index (χ0) is 20.8. The van der Waals surface area contributed by atoms with Crippen LogP contribution in [0.25, 0.3) is 0 Å². The second-order valence-corrected chi connectivity index (χ2v) is 7.17. The normalized spacial score (nSPS) is 10.4. The molecule has 1 N–H and O–H groups in total. The molecule has 0 bridgehead atoms. The van der Waals surface area contributed by atoms with Crippen molar-refractivity contribution in [3.8, 4) is 22.4 Å². The molecule has 0 aliphatic heterocycles. The molecule has 0 unspecified atom stereocenters. The third-order valence-corrected chi connectivity index (χ3v) is 4.78. The minimum atomic E-state index is -0.318. The Hall–Kier alpha value is -3.71. The fraction of sp³-hybridized carbons (Fsp3) is 0.0435. The molecule has 1 amide bonds. The molecule has 0 fully saturated rings. The third kappa shape index (κ3) is 5.21. The number of hydrogen-bond donors (Lipinski definition) is 1. The van der Waals surface area contributed by atoms with Crippen molar-refractivity contribution in [2.45, 2.75) is 6.54 Å². The molecular weight excluding hydrogens is 403 g/mol. The minimum Gasteiger partial charge on any atom is -0.457 e. The van der Waals surface area contributed by atoms with Gasteiger partial charge in [0.25, 0.3) is 11.1 Å². The van der Waals surface area contributed by atoms with E-state index in [1.165, 1.54) is 23.5 Å². The van der Waals surface area contributed by atoms with Crippen molar-refractivity contribution in [2.75, 3.05) is 0 Å². The van der Waals surface area contributed by atoms with Crippen LogP contribution in [0.3, 0.4) is 0 Å². The topological polar surface area (TPSA) is 60.5 Å². The van der Waals surface area contributed by atoms with E-state index in [-0.39, 0.29) is 11.7 Å². The number of rotatable bonds is 7. The molecule has 0 aliphatic carbocycles. The van der Waals surface area contributed by atoms with Gasteiger partial charge in [-0.2, -0.15) is 0 Å². The largest absolute Gasteiger partial charge is 0.457 e. The van der Waals surface area contributed by atoms with Gasteiger partial charge in [-0.1, -0.05) is 23.5 Å².